The molecule has 0 aromatic carbocycles. The van der Waals surface area contributed by atoms with Crippen LogP contribution in [0, 0.1) is 11.3 Å². The van der Waals surface area contributed by atoms with Crippen molar-refractivity contribution in [2.24, 2.45) is 11.3 Å². The van der Waals surface area contributed by atoms with Gasteiger partial charge in [-0.2, -0.15) is 0 Å². The molecule has 0 aromatic heterocycles. The van der Waals surface area contributed by atoms with E-state index in [1.807, 2.05) is 0 Å². The Balaban J connectivity index is 2.68. The molecule has 1 rings (SSSR count). The molecule has 2 unspecified atom stereocenters. The lowest BCUT2D eigenvalue weighted by Gasteiger charge is -2.43. The molecule has 2 heteroatoms. The molecule has 0 spiro atoms. The Bertz CT molecular complexity index is 175. The molecule has 15 heavy (non-hydrogen) atoms. The van der Waals surface area contributed by atoms with E-state index in [-0.39, 0.29) is 11.5 Å². The van der Waals surface area contributed by atoms with Crippen molar-refractivity contribution >= 4 is 0 Å². The third-order valence-corrected chi connectivity index (χ3v) is 4.28. The molecule has 2 atom stereocenters. The highest BCUT2D eigenvalue weighted by Gasteiger charge is 2.39. The number of hydrogen-bond acceptors (Lipinski definition) is 2. The third kappa shape index (κ3) is 2.94. The minimum Gasteiger partial charge on any atom is -0.384 e. The van der Waals surface area contributed by atoms with E-state index in [9.17, 15) is 0 Å². The van der Waals surface area contributed by atoms with Gasteiger partial charge < -0.3 is 9.47 Å². The molecule has 1 aliphatic rings. The lowest BCUT2D eigenvalue weighted by molar-refractivity contribution is -0.0772. The number of ether oxygens (including phenoxy) is 2. The second-order valence-corrected chi connectivity index (χ2v) is 5.15. The molecule has 90 valence electrons. The van der Waals surface area contributed by atoms with Gasteiger partial charge in [-0.05, 0) is 25.7 Å². The van der Waals surface area contributed by atoms with Crippen molar-refractivity contribution in [3.63, 3.8) is 0 Å². The van der Waals surface area contributed by atoms with Gasteiger partial charge in [-0.15, -0.1) is 0 Å². The van der Waals surface area contributed by atoms with E-state index in [0.717, 1.165) is 12.5 Å². The summed E-state index contributed by atoms with van der Waals surface area (Å²) in [5, 5.41) is 0. The van der Waals surface area contributed by atoms with Crippen LogP contribution in [0.25, 0.3) is 0 Å². The molecule has 0 N–H and O–H groups in total. The lowest BCUT2D eigenvalue weighted by atomic mass is 9.67. The summed E-state index contributed by atoms with van der Waals surface area (Å²) in [6.07, 6.45) is 7.11. The maximum atomic E-state index is 5.54. The van der Waals surface area contributed by atoms with Crippen LogP contribution in [0.15, 0.2) is 0 Å². The zero-order valence-corrected chi connectivity index (χ0v) is 10.7. The lowest BCUT2D eigenvalue weighted by Crippen LogP contribution is -2.43. The Kier molecular flexibility index (Phi) is 5.07. The van der Waals surface area contributed by atoms with E-state index in [0.29, 0.717) is 0 Å². The van der Waals surface area contributed by atoms with E-state index in [1.165, 1.54) is 32.1 Å². The number of methoxy groups -OCH3 is 2. The smallest absolute Gasteiger partial charge is 0.0621 e. The van der Waals surface area contributed by atoms with Crippen molar-refractivity contribution in [3.05, 3.63) is 0 Å². The van der Waals surface area contributed by atoms with Crippen LogP contribution >= 0.6 is 0 Å². The largest absolute Gasteiger partial charge is 0.384 e. The summed E-state index contributed by atoms with van der Waals surface area (Å²) in [6.45, 7) is 5.31. The van der Waals surface area contributed by atoms with Crippen LogP contribution in [0.4, 0.5) is 0 Å². The molecule has 0 heterocycles. The minimum absolute atomic E-state index is 0.184. The first-order valence-electron chi connectivity index (χ1n) is 6.17. The molecular weight excluding hydrogens is 188 g/mol. The van der Waals surface area contributed by atoms with Crippen LogP contribution in [0.3, 0.4) is 0 Å². The van der Waals surface area contributed by atoms with Crippen LogP contribution in [-0.4, -0.2) is 26.9 Å². The zero-order chi connectivity index (χ0) is 11.3. The Morgan fingerprint density at radius 1 is 1.20 bits per heavy atom. The Morgan fingerprint density at radius 3 is 2.27 bits per heavy atom. The van der Waals surface area contributed by atoms with Crippen LogP contribution in [-0.2, 0) is 9.47 Å². The zero-order valence-electron chi connectivity index (χ0n) is 10.7. The van der Waals surface area contributed by atoms with Crippen LogP contribution in [0.5, 0.6) is 0 Å². The van der Waals surface area contributed by atoms with Crippen LogP contribution in [0.1, 0.15) is 46.0 Å². The standard InChI is InChI=1S/C13H26O2/c1-11(15-4)13(2,10-14-3)12-8-6-5-7-9-12/h11-12H,5-10H2,1-4H3. The van der Waals surface area contributed by atoms with Crippen molar-refractivity contribution < 1.29 is 9.47 Å². The number of rotatable bonds is 5. The normalized spacial score (nSPS) is 24.8. The van der Waals surface area contributed by atoms with Gasteiger partial charge in [0.2, 0.25) is 0 Å². The Morgan fingerprint density at radius 2 is 1.80 bits per heavy atom. The molecule has 1 saturated carbocycles. The molecule has 0 amide bonds. The van der Waals surface area contributed by atoms with Gasteiger partial charge in [0.05, 0.1) is 12.7 Å². The van der Waals surface area contributed by atoms with E-state index in [4.69, 9.17) is 9.47 Å². The maximum Gasteiger partial charge on any atom is 0.0621 e. The van der Waals surface area contributed by atoms with Gasteiger partial charge in [0, 0.05) is 19.6 Å². The van der Waals surface area contributed by atoms with Gasteiger partial charge in [-0.25, -0.2) is 0 Å². The summed E-state index contributed by atoms with van der Waals surface area (Å²) in [5.74, 6) is 0.765. The minimum atomic E-state index is 0.184. The number of hydrogen-bond donors (Lipinski definition) is 0. The van der Waals surface area contributed by atoms with E-state index in [1.54, 1.807) is 14.2 Å². The molecule has 0 bridgehead atoms. The molecule has 0 aliphatic heterocycles. The van der Waals surface area contributed by atoms with Gasteiger partial charge in [-0.1, -0.05) is 26.2 Å². The fraction of sp³-hybridized carbons (Fsp3) is 1.00. The Labute approximate surface area is 94.3 Å². The molecule has 1 aliphatic carbocycles. The second kappa shape index (κ2) is 5.86. The first kappa shape index (κ1) is 13.0. The molecule has 2 nitrogen and oxygen atoms in total. The fourth-order valence-electron chi connectivity index (χ4n) is 2.91. The van der Waals surface area contributed by atoms with Gasteiger partial charge in [0.25, 0.3) is 0 Å². The topological polar surface area (TPSA) is 18.5 Å². The summed E-state index contributed by atoms with van der Waals surface area (Å²) in [6, 6.07) is 0. The molecule has 0 radical (unpaired) electrons. The third-order valence-electron chi connectivity index (χ3n) is 4.28. The van der Waals surface area contributed by atoms with Crippen molar-refractivity contribution in [1.29, 1.82) is 0 Å². The summed E-state index contributed by atoms with van der Waals surface area (Å²) >= 11 is 0. The maximum absolute atomic E-state index is 5.54. The summed E-state index contributed by atoms with van der Waals surface area (Å²) < 4.78 is 10.9. The van der Waals surface area contributed by atoms with Crippen molar-refractivity contribution in [2.75, 3.05) is 20.8 Å². The second-order valence-electron chi connectivity index (χ2n) is 5.15. The summed E-state index contributed by atoms with van der Waals surface area (Å²) in [4.78, 5) is 0. The van der Waals surface area contributed by atoms with Gasteiger partial charge in [0.15, 0.2) is 0 Å². The molecule has 0 aromatic rings. The fourth-order valence-corrected chi connectivity index (χ4v) is 2.91. The van der Waals surface area contributed by atoms with Crippen LogP contribution in [0.2, 0.25) is 0 Å². The average Bonchev–Trinajstić information content (AvgIpc) is 2.29. The van der Waals surface area contributed by atoms with Crippen LogP contribution < -0.4 is 0 Å². The summed E-state index contributed by atoms with van der Waals surface area (Å²) in [7, 11) is 3.60. The van der Waals surface area contributed by atoms with Gasteiger partial charge >= 0.3 is 0 Å². The monoisotopic (exact) mass is 214 g/mol. The SMILES string of the molecule is COCC(C)(C1CCCCC1)C(C)OC. The first-order valence-corrected chi connectivity index (χ1v) is 6.17. The molecule has 1 fully saturated rings. The highest BCUT2D eigenvalue weighted by atomic mass is 16.5. The van der Waals surface area contributed by atoms with Gasteiger partial charge in [-0.3, -0.25) is 0 Å². The predicted molar refractivity (Wildman–Crippen MR) is 63.0 cm³/mol. The van der Waals surface area contributed by atoms with Crippen molar-refractivity contribution in [1.82, 2.24) is 0 Å². The first-order chi connectivity index (χ1) is 7.15. The van der Waals surface area contributed by atoms with E-state index >= 15 is 0 Å². The highest BCUT2D eigenvalue weighted by Crippen LogP contribution is 2.41. The van der Waals surface area contributed by atoms with Crippen molar-refractivity contribution in [3.8, 4) is 0 Å². The van der Waals surface area contributed by atoms with E-state index in [2.05, 4.69) is 13.8 Å². The predicted octanol–water partition coefficient (Wildman–Crippen LogP) is 3.25. The quantitative estimate of drug-likeness (QED) is 0.699. The molecular formula is C13H26O2. The summed E-state index contributed by atoms with van der Waals surface area (Å²) in [5.41, 5.74) is 0.184. The van der Waals surface area contributed by atoms with E-state index < -0.39 is 0 Å². The average molecular weight is 214 g/mol. The highest BCUT2D eigenvalue weighted by molar-refractivity contribution is 4.89. The van der Waals surface area contributed by atoms with Gasteiger partial charge in [0.1, 0.15) is 0 Å². The Hall–Kier alpha value is -0.0800. The van der Waals surface area contributed by atoms with Crippen molar-refractivity contribution in [2.45, 2.75) is 52.1 Å². The molecule has 0 saturated heterocycles.